The van der Waals surface area contributed by atoms with Crippen LogP contribution in [0.3, 0.4) is 0 Å². The summed E-state index contributed by atoms with van der Waals surface area (Å²) >= 11 is 0. The highest BCUT2D eigenvalue weighted by atomic mass is 16.5. The predicted molar refractivity (Wildman–Crippen MR) is 121 cm³/mol. The van der Waals surface area contributed by atoms with Crippen molar-refractivity contribution in [3.05, 3.63) is 60.3 Å². The smallest absolute Gasteiger partial charge is 0.270 e. The molecule has 1 unspecified atom stereocenters. The van der Waals surface area contributed by atoms with Gasteiger partial charge in [-0.25, -0.2) is 0 Å². The number of para-hydroxylation sites is 1. The van der Waals surface area contributed by atoms with E-state index in [1.807, 2.05) is 73.3 Å². The number of anilines is 1. The number of rotatable bonds is 6. The molecule has 7 heteroatoms. The van der Waals surface area contributed by atoms with Gasteiger partial charge >= 0.3 is 0 Å². The molecular weight excluding hydrogens is 392 g/mol. The summed E-state index contributed by atoms with van der Waals surface area (Å²) in [7, 11) is 0. The van der Waals surface area contributed by atoms with Crippen LogP contribution in [0.25, 0.3) is 10.9 Å². The van der Waals surface area contributed by atoms with Crippen molar-refractivity contribution in [2.75, 3.05) is 38.1 Å². The first-order valence-electron chi connectivity index (χ1n) is 10.7. The molecule has 3 aromatic rings. The summed E-state index contributed by atoms with van der Waals surface area (Å²) in [6.07, 6.45) is 0. The maximum absolute atomic E-state index is 12.9. The molecule has 0 saturated carbocycles. The van der Waals surface area contributed by atoms with E-state index >= 15 is 0 Å². The molecule has 1 aromatic heterocycles. The first-order valence-corrected chi connectivity index (χ1v) is 10.7. The third-order valence-electron chi connectivity index (χ3n) is 5.72. The molecule has 2 amide bonds. The molecule has 1 fully saturated rings. The second-order valence-corrected chi connectivity index (χ2v) is 7.72. The van der Waals surface area contributed by atoms with E-state index in [1.165, 1.54) is 0 Å². The van der Waals surface area contributed by atoms with Crippen LogP contribution in [-0.2, 0) is 4.79 Å². The third-order valence-corrected chi connectivity index (χ3v) is 5.72. The summed E-state index contributed by atoms with van der Waals surface area (Å²) in [6, 6.07) is 16.9. The van der Waals surface area contributed by atoms with E-state index in [9.17, 15) is 9.59 Å². The van der Waals surface area contributed by atoms with Crippen LogP contribution in [0, 0.1) is 0 Å². The quantitative estimate of drug-likeness (QED) is 0.641. The molecule has 2 aromatic carbocycles. The largest absolute Gasteiger partial charge is 0.494 e. The second kappa shape index (κ2) is 9.22. The maximum atomic E-state index is 12.9. The molecule has 31 heavy (non-hydrogen) atoms. The van der Waals surface area contributed by atoms with Gasteiger partial charge in [-0.1, -0.05) is 18.2 Å². The maximum Gasteiger partial charge on any atom is 0.270 e. The van der Waals surface area contributed by atoms with Gasteiger partial charge in [0.05, 0.1) is 12.6 Å². The van der Waals surface area contributed by atoms with Crippen LogP contribution in [0.4, 0.5) is 5.69 Å². The molecule has 1 atom stereocenters. The number of ether oxygens (including phenoxy) is 1. The summed E-state index contributed by atoms with van der Waals surface area (Å²) in [6.45, 7) is 6.94. The number of carbonyl (C=O) groups excluding carboxylic acids is 2. The van der Waals surface area contributed by atoms with Crippen molar-refractivity contribution in [2.45, 2.75) is 19.9 Å². The summed E-state index contributed by atoms with van der Waals surface area (Å²) in [4.78, 5) is 32.7. The molecule has 1 aliphatic heterocycles. The van der Waals surface area contributed by atoms with Crippen molar-refractivity contribution < 1.29 is 14.3 Å². The fraction of sp³-hybridized carbons (Fsp3) is 0.333. The molecule has 2 N–H and O–H groups in total. The lowest BCUT2D eigenvalue weighted by molar-refractivity contribution is -0.121. The number of aromatic nitrogens is 1. The molecular formula is C24H28N4O3. The van der Waals surface area contributed by atoms with Gasteiger partial charge in [0, 0.05) is 42.8 Å². The number of amides is 2. The number of hydrogen-bond acceptors (Lipinski definition) is 4. The van der Waals surface area contributed by atoms with Gasteiger partial charge in [-0.05, 0) is 50.2 Å². The minimum atomic E-state index is -0.281. The van der Waals surface area contributed by atoms with E-state index in [1.54, 1.807) is 0 Å². The van der Waals surface area contributed by atoms with Gasteiger partial charge in [-0.3, -0.25) is 14.5 Å². The van der Waals surface area contributed by atoms with Crippen LogP contribution in [0.15, 0.2) is 54.6 Å². The summed E-state index contributed by atoms with van der Waals surface area (Å²) in [5.74, 6) is 0.728. The minimum absolute atomic E-state index is 0.00217. The molecule has 7 nitrogen and oxygen atoms in total. The molecule has 162 valence electrons. The normalized spacial score (nSPS) is 15.6. The standard InChI is InChI=1S/C24H28N4O3/c1-3-31-20-10-8-19(9-11-20)25-23(29)17(2)27-12-14-28(15-13-27)24(30)22-16-18-6-4-5-7-21(18)26-22/h4-11,16-17,26H,3,12-15H2,1-2H3,(H,25,29). The Balaban J connectivity index is 1.31. The van der Waals surface area contributed by atoms with Gasteiger partial charge < -0.3 is 19.9 Å². The number of nitrogens with one attached hydrogen (secondary N) is 2. The van der Waals surface area contributed by atoms with E-state index in [0.29, 0.717) is 38.5 Å². The average Bonchev–Trinajstić information content (AvgIpc) is 3.24. The number of aromatic amines is 1. The Kier molecular flexibility index (Phi) is 6.23. The fourth-order valence-electron chi connectivity index (χ4n) is 3.88. The van der Waals surface area contributed by atoms with Gasteiger partial charge in [-0.2, -0.15) is 0 Å². The van der Waals surface area contributed by atoms with Gasteiger partial charge in [0.15, 0.2) is 0 Å². The van der Waals surface area contributed by atoms with Gasteiger partial charge in [0.2, 0.25) is 5.91 Å². The van der Waals surface area contributed by atoms with Crippen LogP contribution in [0.1, 0.15) is 24.3 Å². The number of H-pyrrole nitrogens is 1. The van der Waals surface area contributed by atoms with Crippen molar-refractivity contribution in [3.63, 3.8) is 0 Å². The van der Waals surface area contributed by atoms with Gasteiger partial charge in [0.1, 0.15) is 11.4 Å². The number of nitrogens with zero attached hydrogens (tertiary/aromatic N) is 2. The van der Waals surface area contributed by atoms with Crippen molar-refractivity contribution >= 4 is 28.4 Å². The Morgan fingerprint density at radius 1 is 1.06 bits per heavy atom. The highest BCUT2D eigenvalue weighted by Gasteiger charge is 2.28. The number of fused-ring (bicyclic) bond motifs is 1. The van der Waals surface area contributed by atoms with Crippen molar-refractivity contribution in [3.8, 4) is 5.75 Å². The zero-order chi connectivity index (χ0) is 21.8. The zero-order valence-electron chi connectivity index (χ0n) is 17.9. The van der Waals surface area contributed by atoms with Crippen LogP contribution >= 0.6 is 0 Å². The molecule has 0 aliphatic carbocycles. The Labute approximate surface area is 182 Å². The Morgan fingerprint density at radius 3 is 2.45 bits per heavy atom. The molecule has 4 rings (SSSR count). The Morgan fingerprint density at radius 2 is 1.77 bits per heavy atom. The van der Waals surface area contributed by atoms with Crippen molar-refractivity contribution in [1.82, 2.24) is 14.8 Å². The van der Waals surface area contributed by atoms with Crippen LogP contribution < -0.4 is 10.1 Å². The average molecular weight is 421 g/mol. The fourth-order valence-corrected chi connectivity index (χ4v) is 3.88. The van der Waals surface area contributed by atoms with E-state index in [0.717, 1.165) is 22.3 Å². The molecule has 0 radical (unpaired) electrons. The Hall–Kier alpha value is -3.32. The monoisotopic (exact) mass is 420 g/mol. The number of hydrogen-bond donors (Lipinski definition) is 2. The second-order valence-electron chi connectivity index (χ2n) is 7.72. The van der Waals surface area contributed by atoms with Crippen LogP contribution in [0.2, 0.25) is 0 Å². The van der Waals surface area contributed by atoms with Gasteiger partial charge in [0.25, 0.3) is 5.91 Å². The molecule has 2 heterocycles. The predicted octanol–water partition coefficient (Wildman–Crippen LogP) is 3.35. The summed E-state index contributed by atoms with van der Waals surface area (Å²) in [5, 5.41) is 3.99. The molecule has 0 bridgehead atoms. The molecule has 1 saturated heterocycles. The highest BCUT2D eigenvalue weighted by Crippen LogP contribution is 2.19. The third kappa shape index (κ3) is 4.72. The number of piperazine rings is 1. The number of carbonyl (C=O) groups is 2. The van der Waals surface area contributed by atoms with E-state index < -0.39 is 0 Å². The minimum Gasteiger partial charge on any atom is -0.494 e. The van der Waals surface area contributed by atoms with E-state index in [2.05, 4.69) is 15.2 Å². The van der Waals surface area contributed by atoms with Gasteiger partial charge in [-0.15, -0.1) is 0 Å². The lowest BCUT2D eigenvalue weighted by Gasteiger charge is -2.37. The van der Waals surface area contributed by atoms with Crippen LogP contribution in [0.5, 0.6) is 5.75 Å². The first-order chi connectivity index (χ1) is 15.0. The first kappa shape index (κ1) is 20.9. The Bertz CT molecular complexity index is 1020. The SMILES string of the molecule is CCOc1ccc(NC(=O)C(C)N2CCN(C(=O)c3cc4ccccc4[nH]3)CC2)cc1. The van der Waals surface area contributed by atoms with Crippen molar-refractivity contribution in [1.29, 1.82) is 0 Å². The lowest BCUT2D eigenvalue weighted by Crippen LogP contribution is -2.54. The molecule has 1 aliphatic rings. The van der Waals surface area contributed by atoms with E-state index in [4.69, 9.17) is 4.74 Å². The molecule has 0 spiro atoms. The van der Waals surface area contributed by atoms with E-state index in [-0.39, 0.29) is 17.9 Å². The van der Waals surface area contributed by atoms with Crippen molar-refractivity contribution in [2.24, 2.45) is 0 Å². The topological polar surface area (TPSA) is 77.7 Å². The highest BCUT2D eigenvalue weighted by molar-refractivity contribution is 5.98. The summed E-state index contributed by atoms with van der Waals surface area (Å²) in [5.41, 5.74) is 2.31. The summed E-state index contributed by atoms with van der Waals surface area (Å²) < 4.78 is 5.43. The number of benzene rings is 2. The lowest BCUT2D eigenvalue weighted by atomic mass is 10.2. The zero-order valence-corrected chi connectivity index (χ0v) is 17.9. The van der Waals surface area contributed by atoms with Crippen LogP contribution in [-0.4, -0.2) is 65.4 Å².